The van der Waals surface area contributed by atoms with Crippen LogP contribution in [0.4, 0.5) is 5.69 Å². The van der Waals surface area contributed by atoms with E-state index in [1.54, 1.807) is 6.20 Å². The number of nitrogens with zero attached hydrogens (tertiary/aromatic N) is 1. The van der Waals surface area contributed by atoms with Crippen molar-refractivity contribution in [2.75, 3.05) is 5.32 Å². The highest BCUT2D eigenvalue weighted by Gasteiger charge is 2.15. The van der Waals surface area contributed by atoms with Gasteiger partial charge in [0.1, 0.15) is 0 Å². The molecule has 0 amide bonds. The smallest absolute Gasteiger partial charge is 0.0728 e. The molecular formula is C13H17N3. The average molecular weight is 215 g/mol. The molecule has 0 fully saturated rings. The summed E-state index contributed by atoms with van der Waals surface area (Å²) in [5.41, 5.74) is 2.33. The van der Waals surface area contributed by atoms with Crippen LogP contribution in [0, 0.1) is 5.92 Å². The first-order valence-corrected chi connectivity index (χ1v) is 5.57. The Balaban J connectivity index is 2.18. The van der Waals surface area contributed by atoms with Crippen molar-refractivity contribution in [3.63, 3.8) is 0 Å². The van der Waals surface area contributed by atoms with Gasteiger partial charge in [0.25, 0.3) is 0 Å². The van der Waals surface area contributed by atoms with Gasteiger partial charge in [-0.15, -0.1) is 0 Å². The van der Waals surface area contributed by atoms with E-state index in [9.17, 15) is 0 Å². The molecule has 16 heavy (non-hydrogen) atoms. The first-order chi connectivity index (χ1) is 7.77. The number of benzene rings is 1. The van der Waals surface area contributed by atoms with Gasteiger partial charge in [0.05, 0.1) is 17.9 Å². The van der Waals surface area contributed by atoms with Crippen LogP contribution in [-0.2, 0) is 0 Å². The van der Waals surface area contributed by atoms with Crippen LogP contribution in [0.1, 0.15) is 25.5 Å². The third-order valence-electron chi connectivity index (χ3n) is 2.65. The molecule has 0 spiro atoms. The zero-order chi connectivity index (χ0) is 11.4. The van der Waals surface area contributed by atoms with Crippen LogP contribution in [0.2, 0.25) is 0 Å². The van der Waals surface area contributed by atoms with Gasteiger partial charge in [-0.25, -0.2) is 0 Å². The zero-order valence-corrected chi connectivity index (χ0v) is 9.64. The molecule has 2 N–H and O–H groups in total. The minimum atomic E-state index is 0.318. The van der Waals surface area contributed by atoms with E-state index in [1.807, 2.05) is 12.3 Å². The standard InChI is InChI=1S/C13H17N3/c1-10(2)13(11-6-4-3-5-7-11)16-12-8-14-15-9-12/h3-10,13,16H,1-2H3,(H,14,15). The van der Waals surface area contributed by atoms with Crippen molar-refractivity contribution in [2.45, 2.75) is 19.9 Å². The first kappa shape index (κ1) is 10.7. The lowest BCUT2D eigenvalue weighted by Gasteiger charge is -2.23. The van der Waals surface area contributed by atoms with E-state index < -0.39 is 0 Å². The lowest BCUT2D eigenvalue weighted by Crippen LogP contribution is -2.16. The van der Waals surface area contributed by atoms with Crippen LogP contribution in [0.5, 0.6) is 0 Å². The van der Waals surface area contributed by atoms with Crippen LogP contribution >= 0.6 is 0 Å². The highest BCUT2D eigenvalue weighted by molar-refractivity contribution is 5.41. The molecule has 1 heterocycles. The molecule has 3 nitrogen and oxygen atoms in total. The number of H-pyrrole nitrogens is 1. The molecule has 0 saturated heterocycles. The first-order valence-electron chi connectivity index (χ1n) is 5.57. The normalized spacial score (nSPS) is 12.7. The summed E-state index contributed by atoms with van der Waals surface area (Å²) >= 11 is 0. The van der Waals surface area contributed by atoms with Crippen molar-refractivity contribution >= 4 is 5.69 Å². The Bertz CT molecular complexity index is 406. The Hall–Kier alpha value is -1.77. The molecule has 0 aliphatic rings. The second kappa shape index (κ2) is 4.84. The summed E-state index contributed by atoms with van der Waals surface area (Å²) in [6.45, 7) is 4.43. The van der Waals surface area contributed by atoms with E-state index in [0.717, 1.165) is 5.69 Å². The van der Waals surface area contributed by atoms with E-state index in [0.29, 0.717) is 12.0 Å². The Labute approximate surface area is 95.9 Å². The quantitative estimate of drug-likeness (QED) is 0.822. The van der Waals surface area contributed by atoms with E-state index in [1.165, 1.54) is 5.56 Å². The second-order valence-electron chi connectivity index (χ2n) is 4.26. The third-order valence-corrected chi connectivity index (χ3v) is 2.65. The molecule has 84 valence electrons. The molecule has 2 aromatic rings. The molecule has 0 saturated carbocycles. The van der Waals surface area contributed by atoms with Gasteiger partial charge in [-0.1, -0.05) is 44.2 Å². The number of rotatable bonds is 4. The van der Waals surface area contributed by atoms with E-state index in [2.05, 4.69) is 53.6 Å². The van der Waals surface area contributed by atoms with Gasteiger partial charge in [-0.3, -0.25) is 5.10 Å². The fourth-order valence-corrected chi connectivity index (χ4v) is 1.80. The van der Waals surface area contributed by atoms with Crippen molar-refractivity contribution < 1.29 is 0 Å². The third kappa shape index (κ3) is 2.42. The van der Waals surface area contributed by atoms with E-state index >= 15 is 0 Å². The van der Waals surface area contributed by atoms with Crippen LogP contribution in [-0.4, -0.2) is 10.2 Å². The van der Waals surface area contributed by atoms with Crippen LogP contribution in [0.3, 0.4) is 0 Å². The SMILES string of the molecule is CC(C)C(Nc1cn[nH]c1)c1ccccc1. The molecule has 0 aliphatic heterocycles. The summed E-state index contributed by atoms with van der Waals surface area (Å²) in [5, 5.41) is 10.2. The van der Waals surface area contributed by atoms with Crippen LogP contribution in [0.15, 0.2) is 42.7 Å². The van der Waals surface area contributed by atoms with Gasteiger partial charge in [0.15, 0.2) is 0 Å². The Morgan fingerprint density at radius 1 is 1.19 bits per heavy atom. The number of hydrogen-bond acceptors (Lipinski definition) is 2. The van der Waals surface area contributed by atoms with Gasteiger partial charge in [0, 0.05) is 6.20 Å². The molecule has 1 aromatic carbocycles. The van der Waals surface area contributed by atoms with E-state index in [4.69, 9.17) is 0 Å². The van der Waals surface area contributed by atoms with Gasteiger partial charge >= 0.3 is 0 Å². The van der Waals surface area contributed by atoms with Crippen LogP contribution in [0.25, 0.3) is 0 Å². The molecular weight excluding hydrogens is 198 g/mol. The second-order valence-corrected chi connectivity index (χ2v) is 4.26. The number of aromatic amines is 1. The largest absolute Gasteiger partial charge is 0.375 e. The van der Waals surface area contributed by atoms with E-state index in [-0.39, 0.29) is 0 Å². The summed E-state index contributed by atoms with van der Waals surface area (Å²) in [5.74, 6) is 0.525. The monoisotopic (exact) mass is 215 g/mol. The van der Waals surface area contributed by atoms with Crippen molar-refractivity contribution in [2.24, 2.45) is 5.92 Å². The summed E-state index contributed by atoms with van der Waals surface area (Å²) in [7, 11) is 0. The maximum absolute atomic E-state index is 3.94. The maximum Gasteiger partial charge on any atom is 0.0728 e. The summed E-state index contributed by atoms with van der Waals surface area (Å²) in [6, 6.07) is 10.8. The topological polar surface area (TPSA) is 40.7 Å². The summed E-state index contributed by atoms with van der Waals surface area (Å²) < 4.78 is 0. The Morgan fingerprint density at radius 3 is 2.50 bits per heavy atom. The van der Waals surface area contributed by atoms with Gasteiger partial charge in [0.2, 0.25) is 0 Å². The Morgan fingerprint density at radius 2 is 1.94 bits per heavy atom. The van der Waals surface area contributed by atoms with Crippen molar-refractivity contribution in [1.82, 2.24) is 10.2 Å². The minimum absolute atomic E-state index is 0.318. The number of nitrogens with one attached hydrogen (secondary N) is 2. The van der Waals surface area contributed by atoms with Crippen LogP contribution < -0.4 is 5.32 Å². The van der Waals surface area contributed by atoms with Crippen molar-refractivity contribution in [3.05, 3.63) is 48.3 Å². The van der Waals surface area contributed by atoms with Gasteiger partial charge in [-0.05, 0) is 11.5 Å². The maximum atomic E-state index is 3.94. The lowest BCUT2D eigenvalue weighted by molar-refractivity contribution is 0.546. The van der Waals surface area contributed by atoms with Gasteiger partial charge < -0.3 is 5.32 Å². The predicted molar refractivity (Wildman–Crippen MR) is 66.2 cm³/mol. The molecule has 2 rings (SSSR count). The minimum Gasteiger partial charge on any atom is -0.375 e. The zero-order valence-electron chi connectivity index (χ0n) is 9.64. The molecule has 1 unspecified atom stereocenters. The van der Waals surface area contributed by atoms with Crippen molar-refractivity contribution in [3.8, 4) is 0 Å². The summed E-state index contributed by atoms with van der Waals surface area (Å²) in [4.78, 5) is 0. The fraction of sp³-hybridized carbons (Fsp3) is 0.308. The number of anilines is 1. The number of hydrogen-bond donors (Lipinski definition) is 2. The predicted octanol–water partition coefficient (Wildman–Crippen LogP) is 3.22. The summed E-state index contributed by atoms with van der Waals surface area (Å²) in [6.07, 6.45) is 3.68. The highest BCUT2D eigenvalue weighted by Crippen LogP contribution is 2.25. The highest BCUT2D eigenvalue weighted by atomic mass is 15.1. The van der Waals surface area contributed by atoms with Crippen molar-refractivity contribution in [1.29, 1.82) is 0 Å². The molecule has 0 bridgehead atoms. The molecule has 1 aromatic heterocycles. The molecule has 0 aliphatic carbocycles. The molecule has 0 radical (unpaired) electrons. The molecule has 1 atom stereocenters. The fourth-order valence-electron chi connectivity index (χ4n) is 1.80. The average Bonchev–Trinajstić information content (AvgIpc) is 2.79. The molecule has 3 heteroatoms. The lowest BCUT2D eigenvalue weighted by atomic mass is 9.96. The number of aromatic nitrogens is 2. The Kier molecular flexibility index (Phi) is 3.25. The van der Waals surface area contributed by atoms with Gasteiger partial charge in [-0.2, -0.15) is 5.10 Å².